The van der Waals surface area contributed by atoms with Crippen LogP contribution in [0.25, 0.3) is 0 Å². The van der Waals surface area contributed by atoms with E-state index in [0.717, 1.165) is 0 Å². The topological polar surface area (TPSA) is 120 Å². The molecule has 0 radical (unpaired) electrons. The van der Waals surface area contributed by atoms with Gasteiger partial charge in [0.15, 0.2) is 5.82 Å². The molecule has 0 bridgehead atoms. The van der Waals surface area contributed by atoms with Gasteiger partial charge in [0.05, 0.1) is 32.9 Å². The SMILES string of the molecule is COc1ccc(CN(Cc2ccc(OC)cc2OC)S(=O)(=O)C[C@@](C)(O)c2ncc(Br)cn2)c(OC)c1. The molecule has 0 unspecified atom stereocenters. The molecule has 10 nitrogen and oxygen atoms in total. The van der Waals surface area contributed by atoms with Gasteiger partial charge in [-0.3, -0.25) is 0 Å². The number of halogens is 1. The first-order chi connectivity index (χ1) is 17.5. The predicted molar refractivity (Wildman–Crippen MR) is 141 cm³/mol. The lowest BCUT2D eigenvalue weighted by Crippen LogP contribution is -2.41. The summed E-state index contributed by atoms with van der Waals surface area (Å²) < 4.78 is 51.0. The van der Waals surface area contributed by atoms with Gasteiger partial charge in [-0.25, -0.2) is 18.4 Å². The predicted octanol–water partition coefficient (Wildman–Crippen LogP) is 3.51. The summed E-state index contributed by atoms with van der Waals surface area (Å²) in [6.45, 7) is 1.29. The maximum atomic E-state index is 13.8. The molecule has 0 saturated carbocycles. The molecule has 1 heterocycles. The van der Waals surface area contributed by atoms with E-state index in [2.05, 4.69) is 25.9 Å². The highest BCUT2D eigenvalue weighted by Gasteiger charge is 2.37. The Morgan fingerprint density at radius 3 is 1.73 bits per heavy atom. The van der Waals surface area contributed by atoms with E-state index in [1.165, 1.54) is 52.1 Å². The second-order valence-electron chi connectivity index (χ2n) is 8.38. The van der Waals surface area contributed by atoms with Crippen LogP contribution in [0.5, 0.6) is 23.0 Å². The first-order valence-corrected chi connectivity index (χ1v) is 13.5. The molecule has 2 aromatic carbocycles. The number of sulfonamides is 1. The van der Waals surface area contributed by atoms with Gasteiger partial charge in [-0.1, -0.05) is 12.1 Å². The molecule has 1 N–H and O–H groups in total. The molecule has 37 heavy (non-hydrogen) atoms. The Bertz CT molecular complexity index is 1260. The second kappa shape index (κ2) is 12.1. The number of rotatable bonds is 12. The van der Waals surface area contributed by atoms with E-state index < -0.39 is 21.4 Å². The Morgan fingerprint density at radius 1 is 0.865 bits per heavy atom. The number of benzene rings is 2. The molecule has 0 aliphatic rings. The van der Waals surface area contributed by atoms with Gasteiger partial charge in [0.1, 0.15) is 34.4 Å². The molecule has 0 fully saturated rings. The molecular formula is C25H30BrN3O7S. The maximum Gasteiger partial charge on any atom is 0.218 e. The zero-order chi connectivity index (χ0) is 27.2. The molecule has 1 atom stereocenters. The normalized spacial score (nSPS) is 13.2. The molecule has 0 amide bonds. The van der Waals surface area contributed by atoms with E-state index in [-0.39, 0.29) is 18.9 Å². The fourth-order valence-electron chi connectivity index (χ4n) is 3.70. The lowest BCUT2D eigenvalue weighted by Gasteiger charge is -2.28. The lowest BCUT2D eigenvalue weighted by atomic mass is 10.1. The molecule has 3 aromatic rings. The van der Waals surface area contributed by atoms with Crippen molar-refractivity contribution in [1.29, 1.82) is 0 Å². The largest absolute Gasteiger partial charge is 0.497 e. The summed E-state index contributed by atoms with van der Waals surface area (Å²) in [4.78, 5) is 8.19. The molecule has 3 rings (SSSR count). The third-order valence-corrected chi connectivity index (χ3v) is 8.02. The van der Waals surface area contributed by atoms with Gasteiger partial charge in [0, 0.05) is 48.7 Å². The van der Waals surface area contributed by atoms with Crippen LogP contribution in [0.15, 0.2) is 53.3 Å². The molecule has 1 aromatic heterocycles. The summed E-state index contributed by atoms with van der Waals surface area (Å²) in [6.07, 6.45) is 2.90. The van der Waals surface area contributed by atoms with Gasteiger partial charge in [-0.15, -0.1) is 0 Å². The standard InChI is InChI=1S/C25H30BrN3O7S/c1-25(30,24-27-12-19(26)13-28-24)16-37(31,32)29(14-17-6-8-20(33-2)10-22(17)35-4)15-18-7-9-21(34-3)11-23(18)36-5/h6-13,30H,14-16H2,1-5H3/t25-/m1/s1. The van der Waals surface area contributed by atoms with E-state index in [0.29, 0.717) is 38.6 Å². The summed E-state index contributed by atoms with van der Waals surface area (Å²) in [7, 11) is 1.97. The number of aromatic nitrogens is 2. The Morgan fingerprint density at radius 2 is 1.32 bits per heavy atom. The summed E-state index contributed by atoms with van der Waals surface area (Å²) in [6, 6.07) is 10.3. The molecule has 12 heteroatoms. The molecule has 0 spiro atoms. The average Bonchev–Trinajstić information content (AvgIpc) is 2.88. The van der Waals surface area contributed by atoms with Gasteiger partial charge >= 0.3 is 0 Å². The quantitative estimate of drug-likeness (QED) is 0.335. The average molecular weight is 597 g/mol. The van der Waals surface area contributed by atoms with E-state index in [1.54, 1.807) is 36.4 Å². The Labute approximate surface area is 225 Å². The minimum absolute atomic E-state index is 0.0109. The van der Waals surface area contributed by atoms with Gasteiger partial charge in [-0.2, -0.15) is 4.31 Å². The van der Waals surface area contributed by atoms with Crippen LogP contribution in [0.1, 0.15) is 23.9 Å². The monoisotopic (exact) mass is 595 g/mol. The Balaban J connectivity index is 2.02. The van der Waals surface area contributed by atoms with Gasteiger partial charge in [-0.05, 0) is 35.0 Å². The minimum atomic E-state index is -4.10. The first kappa shape index (κ1) is 28.6. The van der Waals surface area contributed by atoms with E-state index in [9.17, 15) is 13.5 Å². The number of aliphatic hydroxyl groups is 1. The first-order valence-electron chi connectivity index (χ1n) is 11.1. The molecule has 200 valence electrons. The fraction of sp³-hybridized carbons (Fsp3) is 0.360. The van der Waals surface area contributed by atoms with Crippen LogP contribution in [0.4, 0.5) is 0 Å². The fourth-order valence-corrected chi connectivity index (χ4v) is 5.60. The molecule has 0 saturated heterocycles. The number of nitrogens with zero attached hydrogens (tertiary/aromatic N) is 3. The van der Waals surface area contributed by atoms with Crippen molar-refractivity contribution in [3.05, 3.63) is 70.2 Å². The van der Waals surface area contributed by atoms with Crippen LogP contribution < -0.4 is 18.9 Å². The third kappa shape index (κ3) is 7.10. The van der Waals surface area contributed by atoms with E-state index in [4.69, 9.17) is 18.9 Å². The van der Waals surface area contributed by atoms with Gasteiger partial charge in [0.25, 0.3) is 0 Å². The van der Waals surface area contributed by atoms with Crippen molar-refractivity contribution in [1.82, 2.24) is 14.3 Å². The molecule has 0 aliphatic carbocycles. The van der Waals surface area contributed by atoms with Crippen LogP contribution in [0.3, 0.4) is 0 Å². The number of methoxy groups -OCH3 is 4. The number of hydrogen-bond acceptors (Lipinski definition) is 9. The van der Waals surface area contributed by atoms with Gasteiger partial charge < -0.3 is 24.1 Å². The summed E-state index contributed by atoms with van der Waals surface area (Å²) >= 11 is 3.24. The van der Waals surface area contributed by atoms with Crippen LogP contribution >= 0.6 is 15.9 Å². The van der Waals surface area contributed by atoms with Crippen LogP contribution in [-0.4, -0.2) is 62.0 Å². The smallest absolute Gasteiger partial charge is 0.218 e. The second-order valence-corrected chi connectivity index (χ2v) is 11.3. The van der Waals surface area contributed by atoms with Crippen LogP contribution in [-0.2, 0) is 28.7 Å². The summed E-state index contributed by atoms with van der Waals surface area (Å²) in [5, 5.41) is 11.1. The zero-order valence-corrected chi connectivity index (χ0v) is 23.7. The highest BCUT2D eigenvalue weighted by atomic mass is 79.9. The van der Waals surface area contributed by atoms with Crippen molar-refractivity contribution >= 4 is 26.0 Å². The van der Waals surface area contributed by atoms with Crippen molar-refractivity contribution in [3.8, 4) is 23.0 Å². The maximum absolute atomic E-state index is 13.8. The van der Waals surface area contributed by atoms with Crippen molar-refractivity contribution < 1.29 is 32.5 Å². The van der Waals surface area contributed by atoms with Crippen molar-refractivity contribution in [2.24, 2.45) is 0 Å². The van der Waals surface area contributed by atoms with E-state index >= 15 is 0 Å². The zero-order valence-electron chi connectivity index (χ0n) is 21.3. The van der Waals surface area contributed by atoms with Crippen molar-refractivity contribution in [2.45, 2.75) is 25.6 Å². The number of hydrogen-bond donors (Lipinski definition) is 1. The van der Waals surface area contributed by atoms with Gasteiger partial charge in [0.2, 0.25) is 10.0 Å². The summed E-state index contributed by atoms with van der Waals surface area (Å²) in [5.74, 6) is 1.40. The number of ether oxygens (including phenoxy) is 4. The highest BCUT2D eigenvalue weighted by Crippen LogP contribution is 2.31. The van der Waals surface area contributed by atoms with Crippen molar-refractivity contribution in [3.63, 3.8) is 0 Å². The third-order valence-electron chi connectivity index (χ3n) is 5.64. The van der Waals surface area contributed by atoms with E-state index in [1.807, 2.05) is 0 Å². The minimum Gasteiger partial charge on any atom is -0.497 e. The molecular weight excluding hydrogens is 566 g/mol. The lowest BCUT2D eigenvalue weighted by molar-refractivity contribution is 0.0705. The summed E-state index contributed by atoms with van der Waals surface area (Å²) in [5.41, 5.74) is -0.635. The Kier molecular flexibility index (Phi) is 9.35. The molecule has 0 aliphatic heterocycles. The van der Waals surface area contributed by atoms with Crippen molar-refractivity contribution in [2.75, 3.05) is 34.2 Å². The highest BCUT2D eigenvalue weighted by molar-refractivity contribution is 9.10. The van der Waals surface area contributed by atoms with Crippen LogP contribution in [0, 0.1) is 0 Å². The van der Waals surface area contributed by atoms with Crippen LogP contribution in [0.2, 0.25) is 0 Å². The Hall–Kier alpha value is -2.93.